The Morgan fingerprint density at radius 2 is 1.72 bits per heavy atom. The van der Waals surface area contributed by atoms with Crippen LogP contribution in [0.5, 0.6) is 0 Å². The SMILES string of the molecule is C[C@@H]1CN(c2ccc(CNCc3ccc(C#N)cc3)cn2)C[C@H](C)O1. The molecule has 2 heterocycles. The van der Waals surface area contributed by atoms with Crippen LogP contribution >= 0.6 is 0 Å². The first-order valence-electron chi connectivity index (χ1n) is 8.69. The van der Waals surface area contributed by atoms with Gasteiger partial charge in [0.25, 0.3) is 0 Å². The van der Waals surface area contributed by atoms with Crippen LogP contribution < -0.4 is 10.2 Å². The van der Waals surface area contributed by atoms with Crippen molar-refractivity contribution in [1.82, 2.24) is 10.3 Å². The third-order valence-electron chi connectivity index (χ3n) is 4.29. The van der Waals surface area contributed by atoms with Crippen LogP contribution in [-0.4, -0.2) is 30.3 Å². The minimum absolute atomic E-state index is 0.235. The molecule has 0 saturated carbocycles. The predicted octanol–water partition coefficient (Wildman–Crippen LogP) is 2.86. The zero-order valence-corrected chi connectivity index (χ0v) is 14.8. The zero-order chi connectivity index (χ0) is 17.6. The van der Waals surface area contributed by atoms with Gasteiger partial charge in [0.2, 0.25) is 0 Å². The Hall–Kier alpha value is -2.42. The summed E-state index contributed by atoms with van der Waals surface area (Å²) < 4.78 is 5.77. The van der Waals surface area contributed by atoms with Crippen molar-refractivity contribution in [2.45, 2.75) is 39.1 Å². The van der Waals surface area contributed by atoms with Crippen molar-refractivity contribution in [2.24, 2.45) is 0 Å². The third kappa shape index (κ3) is 4.79. The summed E-state index contributed by atoms with van der Waals surface area (Å²) in [6.07, 6.45) is 2.41. The number of hydrogen-bond donors (Lipinski definition) is 1. The van der Waals surface area contributed by atoms with Gasteiger partial charge >= 0.3 is 0 Å². The topological polar surface area (TPSA) is 61.2 Å². The number of nitriles is 1. The van der Waals surface area contributed by atoms with Gasteiger partial charge in [0.15, 0.2) is 0 Å². The number of rotatable bonds is 5. The van der Waals surface area contributed by atoms with E-state index in [2.05, 4.69) is 47.3 Å². The van der Waals surface area contributed by atoms with Crippen LogP contribution in [-0.2, 0) is 17.8 Å². The Morgan fingerprint density at radius 3 is 2.32 bits per heavy atom. The van der Waals surface area contributed by atoms with Gasteiger partial charge in [-0.1, -0.05) is 18.2 Å². The van der Waals surface area contributed by atoms with E-state index in [1.165, 1.54) is 5.56 Å². The molecule has 0 spiro atoms. The molecule has 0 bridgehead atoms. The average molecular weight is 336 g/mol. The van der Waals surface area contributed by atoms with Crippen molar-refractivity contribution in [3.05, 3.63) is 59.3 Å². The summed E-state index contributed by atoms with van der Waals surface area (Å²) in [5.41, 5.74) is 3.02. The van der Waals surface area contributed by atoms with Crippen molar-refractivity contribution in [3.63, 3.8) is 0 Å². The van der Waals surface area contributed by atoms with E-state index in [9.17, 15) is 0 Å². The average Bonchev–Trinajstić information content (AvgIpc) is 2.62. The van der Waals surface area contributed by atoms with E-state index >= 15 is 0 Å². The Bertz CT molecular complexity index is 711. The molecule has 1 fully saturated rings. The lowest BCUT2D eigenvalue weighted by Crippen LogP contribution is -2.45. The lowest BCUT2D eigenvalue weighted by atomic mass is 10.1. The second-order valence-electron chi connectivity index (χ2n) is 6.60. The van der Waals surface area contributed by atoms with Crippen molar-refractivity contribution in [2.75, 3.05) is 18.0 Å². The summed E-state index contributed by atoms with van der Waals surface area (Å²) in [6.45, 7) is 7.50. The predicted molar refractivity (Wildman–Crippen MR) is 98.2 cm³/mol. The van der Waals surface area contributed by atoms with Crippen LogP contribution in [0.15, 0.2) is 42.6 Å². The van der Waals surface area contributed by atoms with Crippen LogP contribution in [0.1, 0.15) is 30.5 Å². The summed E-state index contributed by atoms with van der Waals surface area (Å²) in [5.74, 6) is 1.01. The molecule has 5 heteroatoms. The van der Waals surface area contributed by atoms with Gasteiger partial charge in [-0.25, -0.2) is 4.98 Å². The Morgan fingerprint density at radius 1 is 1.08 bits per heavy atom. The van der Waals surface area contributed by atoms with E-state index in [1.807, 2.05) is 30.5 Å². The molecule has 1 aromatic heterocycles. The highest BCUT2D eigenvalue weighted by Gasteiger charge is 2.22. The molecule has 1 aliphatic heterocycles. The number of pyridine rings is 1. The number of aromatic nitrogens is 1. The van der Waals surface area contributed by atoms with E-state index in [-0.39, 0.29) is 12.2 Å². The number of benzene rings is 1. The molecule has 2 atom stereocenters. The first kappa shape index (κ1) is 17.4. The van der Waals surface area contributed by atoms with Crippen LogP contribution in [0.2, 0.25) is 0 Å². The molecule has 5 nitrogen and oxygen atoms in total. The first-order valence-corrected chi connectivity index (χ1v) is 8.69. The molecule has 25 heavy (non-hydrogen) atoms. The van der Waals surface area contributed by atoms with E-state index in [4.69, 9.17) is 10.00 Å². The minimum atomic E-state index is 0.235. The number of nitrogens with one attached hydrogen (secondary N) is 1. The highest BCUT2D eigenvalue weighted by Crippen LogP contribution is 2.18. The molecule has 0 amide bonds. The fourth-order valence-electron chi connectivity index (χ4n) is 3.12. The van der Waals surface area contributed by atoms with Crippen LogP contribution in [0, 0.1) is 11.3 Å². The fourth-order valence-corrected chi connectivity index (χ4v) is 3.12. The molecule has 0 aliphatic carbocycles. The zero-order valence-electron chi connectivity index (χ0n) is 14.8. The molecule has 1 aliphatic rings. The summed E-state index contributed by atoms with van der Waals surface area (Å²) >= 11 is 0. The maximum absolute atomic E-state index is 8.82. The van der Waals surface area contributed by atoms with Gasteiger partial charge in [-0.3, -0.25) is 0 Å². The maximum atomic E-state index is 8.82. The first-order chi connectivity index (χ1) is 12.1. The molecular formula is C20H24N4O. The lowest BCUT2D eigenvalue weighted by molar-refractivity contribution is -0.00545. The largest absolute Gasteiger partial charge is 0.372 e. The van der Waals surface area contributed by atoms with Gasteiger partial charge < -0.3 is 15.0 Å². The minimum Gasteiger partial charge on any atom is -0.372 e. The van der Waals surface area contributed by atoms with E-state index in [1.54, 1.807) is 0 Å². The fraction of sp³-hybridized carbons (Fsp3) is 0.400. The molecule has 130 valence electrons. The third-order valence-corrected chi connectivity index (χ3v) is 4.29. The number of anilines is 1. The number of morpholine rings is 1. The van der Waals surface area contributed by atoms with Gasteiger partial charge in [-0.05, 0) is 43.2 Å². The van der Waals surface area contributed by atoms with Crippen LogP contribution in [0.3, 0.4) is 0 Å². The van der Waals surface area contributed by atoms with Crippen molar-refractivity contribution in [1.29, 1.82) is 5.26 Å². The number of nitrogens with zero attached hydrogens (tertiary/aromatic N) is 3. The van der Waals surface area contributed by atoms with E-state index in [0.717, 1.165) is 37.6 Å². The van der Waals surface area contributed by atoms with Gasteiger partial charge in [0.1, 0.15) is 5.82 Å². The molecule has 0 radical (unpaired) electrons. The number of ether oxygens (including phenoxy) is 1. The molecular weight excluding hydrogens is 312 g/mol. The second kappa shape index (κ2) is 8.11. The molecule has 1 aromatic carbocycles. The normalized spacial score (nSPS) is 20.3. The summed E-state index contributed by atoms with van der Waals surface area (Å²) in [5, 5.41) is 12.2. The molecule has 0 unspecified atom stereocenters. The van der Waals surface area contributed by atoms with Crippen LogP contribution in [0.4, 0.5) is 5.82 Å². The highest BCUT2D eigenvalue weighted by atomic mass is 16.5. The number of hydrogen-bond acceptors (Lipinski definition) is 5. The summed E-state index contributed by atoms with van der Waals surface area (Å²) in [7, 11) is 0. The highest BCUT2D eigenvalue weighted by molar-refractivity contribution is 5.40. The van der Waals surface area contributed by atoms with E-state index < -0.39 is 0 Å². The molecule has 3 rings (SSSR count). The quantitative estimate of drug-likeness (QED) is 0.910. The Labute approximate surface area is 149 Å². The standard InChI is InChI=1S/C20H24N4O/c1-15-13-24(14-16(2)25-15)20-8-7-19(12-23-20)11-22-10-18-5-3-17(9-21)4-6-18/h3-8,12,15-16,22H,10-11,13-14H2,1-2H3/t15-,16+. The van der Waals surface area contributed by atoms with Gasteiger partial charge in [-0.15, -0.1) is 0 Å². The smallest absolute Gasteiger partial charge is 0.128 e. The Balaban J connectivity index is 1.51. The van der Waals surface area contributed by atoms with Gasteiger partial charge in [0, 0.05) is 32.4 Å². The summed E-state index contributed by atoms with van der Waals surface area (Å²) in [6, 6.07) is 14.0. The maximum Gasteiger partial charge on any atom is 0.128 e. The Kier molecular flexibility index (Phi) is 5.64. The molecule has 1 N–H and O–H groups in total. The van der Waals surface area contributed by atoms with E-state index in [0.29, 0.717) is 5.56 Å². The van der Waals surface area contributed by atoms with Gasteiger partial charge in [0.05, 0.1) is 23.8 Å². The van der Waals surface area contributed by atoms with Crippen molar-refractivity contribution < 1.29 is 4.74 Å². The molecule has 1 saturated heterocycles. The second-order valence-corrected chi connectivity index (χ2v) is 6.60. The lowest BCUT2D eigenvalue weighted by Gasteiger charge is -2.36. The van der Waals surface area contributed by atoms with Crippen molar-refractivity contribution >= 4 is 5.82 Å². The molecule has 2 aromatic rings. The van der Waals surface area contributed by atoms with Crippen LogP contribution in [0.25, 0.3) is 0 Å². The summed E-state index contributed by atoms with van der Waals surface area (Å²) in [4.78, 5) is 6.90. The van der Waals surface area contributed by atoms with Gasteiger partial charge in [-0.2, -0.15) is 5.26 Å². The monoisotopic (exact) mass is 336 g/mol. The van der Waals surface area contributed by atoms with Crippen molar-refractivity contribution in [3.8, 4) is 6.07 Å².